The van der Waals surface area contributed by atoms with Crippen LogP contribution < -0.4 is 10.1 Å². The van der Waals surface area contributed by atoms with Crippen LogP contribution in [0.25, 0.3) is 91.8 Å². The van der Waals surface area contributed by atoms with Gasteiger partial charge in [-0.3, -0.25) is 0 Å². The fourth-order valence-corrected chi connectivity index (χ4v) is 9.95. The average Bonchev–Trinajstić information content (AvgIpc) is 3.98. The van der Waals surface area contributed by atoms with E-state index in [1.54, 1.807) is 0 Å². The average molecular weight is 747 g/mol. The summed E-state index contributed by atoms with van der Waals surface area (Å²) in [5, 5.41) is 11.1. The number of benzene rings is 9. The smallest absolute Gasteiger partial charge is 0.196 e. The van der Waals surface area contributed by atoms with Gasteiger partial charge in [0.25, 0.3) is 0 Å². The van der Waals surface area contributed by atoms with E-state index in [0.717, 1.165) is 22.7 Å². The van der Waals surface area contributed by atoms with Gasteiger partial charge < -0.3 is 14.6 Å². The number of nitrogens with one attached hydrogen (secondary N) is 1. The first kappa shape index (κ1) is 32.1. The van der Waals surface area contributed by atoms with E-state index in [9.17, 15) is 0 Å². The minimum atomic E-state index is -0.283. The van der Waals surface area contributed by atoms with Crippen LogP contribution in [0.5, 0.6) is 5.75 Å². The summed E-state index contributed by atoms with van der Waals surface area (Å²) in [6.07, 6.45) is -0.283. The number of anilines is 1. The van der Waals surface area contributed by atoms with Crippen molar-refractivity contribution in [2.45, 2.75) is 6.23 Å². The molecule has 0 fully saturated rings. The molecule has 268 valence electrons. The molecule has 1 unspecified atom stereocenters. The molecule has 3 nitrogen and oxygen atoms in total. The second-order valence-corrected chi connectivity index (χ2v) is 16.0. The van der Waals surface area contributed by atoms with Crippen LogP contribution in [0.2, 0.25) is 0 Å². The van der Waals surface area contributed by atoms with E-state index in [4.69, 9.17) is 4.74 Å². The minimum absolute atomic E-state index is 0.283. The van der Waals surface area contributed by atoms with Crippen molar-refractivity contribution >= 4 is 69.8 Å². The van der Waals surface area contributed by atoms with Crippen molar-refractivity contribution in [1.82, 2.24) is 4.57 Å². The quantitative estimate of drug-likeness (QED) is 0.190. The number of aromatic nitrogens is 1. The van der Waals surface area contributed by atoms with Crippen molar-refractivity contribution in [3.05, 3.63) is 200 Å². The van der Waals surface area contributed by atoms with Gasteiger partial charge in [0, 0.05) is 42.2 Å². The standard InChI is InChI=1S/C53H34N2OS/c1-3-10-33(11-4-1)35-22-25-41(26-23-35)55-46-17-9-16-42(50(46)43-30-38-14-7-8-15-39(38)32-47(43)55)36-18-20-37(21-19-36)53-54-45-27-29-49-51(52(45)56-53)44-31-40(24-28-48(44)57-49)34-12-5-2-6-13-34/h1-32,53-54H. The lowest BCUT2D eigenvalue weighted by Crippen LogP contribution is -2.09. The summed E-state index contributed by atoms with van der Waals surface area (Å²) in [6.45, 7) is 0. The number of ether oxygens (including phenoxy) is 1. The first-order valence-corrected chi connectivity index (χ1v) is 20.3. The van der Waals surface area contributed by atoms with Crippen LogP contribution in [-0.2, 0) is 0 Å². The maximum absolute atomic E-state index is 6.81. The van der Waals surface area contributed by atoms with E-state index >= 15 is 0 Å². The first-order valence-electron chi connectivity index (χ1n) is 19.4. The summed E-state index contributed by atoms with van der Waals surface area (Å²) in [6, 6.07) is 70.3. The molecule has 4 heteroatoms. The first-order chi connectivity index (χ1) is 28.2. The Balaban J connectivity index is 0.933. The third-order valence-corrected chi connectivity index (χ3v) is 12.8. The van der Waals surface area contributed by atoms with Crippen molar-refractivity contribution in [2.75, 3.05) is 5.32 Å². The van der Waals surface area contributed by atoms with Crippen molar-refractivity contribution in [1.29, 1.82) is 0 Å². The van der Waals surface area contributed by atoms with Gasteiger partial charge in [-0.15, -0.1) is 11.3 Å². The molecule has 1 aliphatic heterocycles. The van der Waals surface area contributed by atoms with Gasteiger partial charge in [-0.2, -0.15) is 0 Å². The predicted octanol–water partition coefficient (Wildman–Crippen LogP) is 14.8. The molecule has 3 heterocycles. The van der Waals surface area contributed by atoms with Crippen LogP contribution in [0, 0.1) is 0 Å². The van der Waals surface area contributed by atoms with E-state index in [0.29, 0.717) is 0 Å². The van der Waals surface area contributed by atoms with Gasteiger partial charge >= 0.3 is 0 Å². The molecule has 9 aromatic carbocycles. The highest BCUT2D eigenvalue weighted by atomic mass is 32.1. The number of rotatable bonds is 5. The van der Waals surface area contributed by atoms with E-state index in [-0.39, 0.29) is 6.23 Å². The highest BCUT2D eigenvalue weighted by Gasteiger charge is 2.27. The molecule has 1 aliphatic rings. The third-order valence-electron chi connectivity index (χ3n) is 11.6. The maximum Gasteiger partial charge on any atom is 0.196 e. The summed E-state index contributed by atoms with van der Waals surface area (Å²) >= 11 is 1.82. The second kappa shape index (κ2) is 12.7. The molecule has 12 rings (SSSR count). The molecular weight excluding hydrogens is 713 g/mol. The van der Waals surface area contributed by atoms with Crippen LogP contribution in [0.4, 0.5) is 5.69 Å². The zero-order chi connectivity index (χ0) is 37.5. The van der Waals surface area contributed by atoms with Crippen LogP contribution >= 0.6 is 11.3 Å². The number of fused-ring (bicyclic) bond motifs is 9. The number of hydrogen-bond acceptors (Lipinski definition) is 3. The molecule has 2 aromatic heterocycles. The Hall–Kier alpha value is -7.14. The summed E-state index contributed by atoms with van der Waals surface area (Å²) in [5.74, 6) is 0.930. The molecule has 0 bridgehead atoms. The molecule has 1 atom stereocenters. The third kappa shape index (κ3) is 5.18. The summed E-state index contributed by atoms with van der Waals surface area (Å²) in [5.41, 5.74) is 12.9. The number of thiophene rings is 1. The summed E-state index contributed by atoms with van der Waals surface area (Å²) in [4.78, 5) is 0. The van der Waals surface area contributed by atoms with Crippen molar-refractivity contribution in [3.8, 4) is 44.8 Å². The van der Waals surface area contributed by atoms with E-state index in [1.807, 2.05) is 11.3 Å². The van der Waals surface area contributed by atoms with Gasteiger partial charge in [0.1, 0.15) is 0 Å². The van der Waals surface area contributed by atoms with Gasteiger partial charge in [-0.1, -0.05) is 140 Å². The summed E-state index contributed by atoms with van der Waals surface area (Å²) in [7, 11) is 0. The van der Waals surface area contributed by atoms with Gasteiger partial charge in [-0.05, 0) is 98.8 Å². The van der Waals surface area contributed by atoms with Crippen LogP contribution in [-0.4, -0.2) is 4.57 Å². The van der Waals surface area contributed by atoms with E-state index in [1.165, 1.54) is 86.1 Å². The van der Waals surface area contributed by atoms with Crippen molar-refractivity contribution < 1.29 is 4.74 Å². The largest absolute Gasteiger partial charge is 0.464 e. The number of hydrogen-bond donors (Lipinski definition) is 1. The van der Waals surface area contributed by atoms with Crippen molar-refractivity contribution in [2.24, 2.45) is 0 Å². The minimum Gasteiger partial charge on any atom is -0.464 e. The highest BCUT2D eigenvalue weighted by molar-refractivity contribution is 7.25. The second-order valence-electron chi connectivity index (χ2n) is 14.9. The topological polar surface area (TPSA) is 26.2 Å². The van der Waals surface area contributed by atoms with Crippen LogP contribution in [0.1, 0.15) is 11.8 Å². The lowest BCUT2D eigenvalue weighted by atomic mass is 9.97. The molecule has 0 saturated carbocycles. The van der Waals surface area contributed by atoms with Crippen molar-refractivity contribution in [3.63, 3.8) is 0 Å². The SMILES string of the molecule is c1ccc(-c2ccc(-n3c4cc5ccccc5cc4c4c(-c5ccc(C6Nc7ccc8sc9ccc(-c%10ccccc%10)cc9c8c7O6)cc5)cccc43)cc2)cc1. The van der Waals surface area contributed by atoms with Gasteiger partial charge in [0.05, 0.1) is 16.7 Å². The fourth-order valence-electron chi connectivity index (χ4n) is 8.87. The van der Waals surface area contributed by atoms with Crippen LogP contribution in [0.3, 0.4) is 0 Å². The molecule has 0 aliphatic carbocycles. The monoisotopic (exact) mass is 746 g/mol. The maximum atomic E-state index is 6.81. The van der Waals surface area contributed by atoms with Crippen LogP contribution in [0.15, 0.2) is 194 Å². The molecular formula is C53H34N2OS. The van der Waals surface area contributed by atoms with Gasteiger partial charge in [0.15, 0.2) is 12.0 Å². The fraction of sp³-hybridized carbons (Fsp3) is 0.0189. The molecule has 11 aromatic rings. The Kier molecular flexibility index (Phi) is 7.16. The lowest BCUT2D eigenvalue weighted by Gasteiger charge is -2.13. The molecule has 0 spiro atoms. The Bertz CT molecular complexity index is 3330. The number of nitrogens with zero attached hydrogens (tertiary/aromatic N) is 1. The van der Waals surface area contributed by atoms with Gasteiger partial charge in [0.2, 0.25) is 0 Å². The van der Waals surface area contributed by atoms with Gasteiger partial charge in [-0.25, -0.2) is 0 Å². The lowest BCUT2D eigenvalue weighted by molar-refractivity contribution is 0.263. The summed E-state index contributed by atoms with van der Waals surface area (Å²) < 4.78 is 11.7. The molecule has 0 saturated heterocycles. The Morgan fingerprint density at radius 2 is 1.11 bits per heavy atom. The van der Waals surface area contributed by atoms with E-state index in [2.05, 4.69) is 204 Å². The van der Waals surface area contributed by atoms with E-state index < -0.39 is 0 Å². The molecule has 0 amide bonds. The molecule has 0 radical (unpaired) electrons. The normalized spacial score (nSPS) is 13.7. The highest BCUT2D eigenvalue weighted by Crippen LogP contribution is 2.49. The molecule has 1 N–H and O–H groups in total. The predicted molar refractivity (Wildman–Crippen MR) is 241 cm³/mol. The Labute approximate surface area is 333 Å². The Morgan fingerprint density at radius 3 is 1.88 bits per heavy atom. The molecule has 57 heavy (non-hydrogen) atoms. The zero-order valence-corrected chi connectivity index (χ0v) is 31.6. The zero-order valence-electron chi connectivity index (χ0n) is 30.8. The Morgan fingerprint density at radius 1 is 0.456 bits per heavy atom.